The first kappa shape index (κ1) is 21.7. The molecule has 0 saturated carbocycles. The van der Waals surface area contributed by atoms with Crippen molar-refractivity contribution in [2.75, 3.05) is 13.4 Å². The van der Waals surface area contributed by atoms with E-state index in [0.29, 0.717) is 17.1 Å². The Morgan fingerprint density at radius 3 is 2.77 bits per heavy atom. The van der Waals surface area contributed by atoms with Gasteiger partial charge in [-0.05, 0) is 25.0 Å². The van der Waals surface area contributed by atoms with Crippen LogP contribution < -0.4 is 14.0 Å². The molecule has 0 fully saturated rings. The summed E-state index contributed by atoms with van der Waals surface area (Å²) in [6.07, 6.45) is 8.22. The molecule has 162 valence electrons. The summed E-state index contributed by atoms with van der Waals surface area (Å²) in [6.45, 7) is 5.43. The normalized spacial score (nSPS) is 13.1. The van der Waals surface area contributed by atoms with Gasteiger partial charge in [-0.3, -0.25) is 0 Å². The van der Waals surface area contributed by atoms with Gasteiger partial charge in [0, 0.05) is 5.56 Å². The minimum absolute atomic E-state index is 0.00240. The molecular formula is C22H29N2O6+. The molecule has 0 N–H and O–H groups in total. The Morgan fingerprint density at radius 2 is 1.97 bits per heavy atom. The SMILES string of the molecule is CCCCOC(=O)C(OC(=O)C[n+]1ccn(CCCC)c1)c1ccc2c(c1)OCO2. The van der Waals surface area contributed by atoms with Crippen LogP contribution in [0.1, 0.15) is 51.2 Å². The standard InChI is InChI=1S/C22H29N2O6/c1-3-5-9-23-10-11-24(15-23)14-20(25)30-21(22(26)27-12-6-4-2)17-7-8-18-19(13-17)29-16-28-18/h7-8,10-11,13,15,21H,3-6,9,12,14,16H2,1-2H3/q+1. The monoisotopic (exact) mass is 417 g/mol. The van der Waals surface area contributed by atoms with Crippen molar-refractivity contribution < 1.29 is 33.1 Å². The minimum Gasteiger partial charge on any atom is -0.463 e. The maximum atomic E-state index is 12.6. The lowest BCUT2D eigenvalue weighted by Gasteiger charge is -2.17. The Morgan fingerprint density at radius 1 is 1.17 bits per heavy atom. The van der Waals surface area contributed by atoms with Crippen LogP contribution in [0.15, 0.2) is 36.9 Å². The lowest BCUT2D eigenvalue weighted by molar-refractivity contribution is -0.685. The predicted octanol–water partition coefficient (Wildman–Crippen LogP) is 2.93. The molecule has 0 bridgehead atoms. The van der Waals surface area contributed by atoms with Gasteiger partial charge in [0.15, 0.2) is 18.0 Å². The van der Waals surface area contributed by atoms with E-state index in [4.69, 9.17) is 18.9 Å². The van der Waals surface area contributed by atoms with Crippen molar-refractivity contribution in [3.8, 4) is 11.5 Å². The third kappa shape index (κ3) is 5.75. The van der Waals surface area contributed by atoms with Crippen molar-refractivity contribution in [1.29, 1.82) is 0 Å². The third-order valence-electron chi connectivity index (χ3n) is 4.73. The van der Waals surface area contributed by atoms with Gasteiger partial charge >= 0.3 is 11.9 Å². The highest BCUT2D eigenvalue weighted by Gasteiger charge is 2.29. The average Bonchev–Trinajstić information content (AvgIpc) is 3.39. The molecule has 1 atom stereocenters. The molecule has 1 aromatic carbocycles. The van der Waals surface area contributed by atoms with E-state index in [1.807, 2.05) is 30.2 Å². The molecule has 1 aromatic heterocycles. The number of carbonyl (C=O) groups excluding carboxylic acids is 2. The molecule has 1 unspecified atom stereocenters. The van der Waals surface area contributed by atoms with Crippen LogP contribution in [0.25, 0.3) is 0 Å². The molecular weight excluding hydrogens is 388 g/mol. The molecule has 2 aromatic rings. The predicted molar refractivity (Wildman–Crippen MR) is 107 cm³/mol. The Bertz CT molecular complexity index is 863. The molecule has 0 spiro atoms. The summed E-state index contributed by atoms with van der Waals surface area (Å²) in [7, 11) is 0. The van der Waals surface area contributed by atoms with E-state index < -0.39 is 18.0 Å². The van der Waals surface area contributed by atoms with E-state index in [1.165, 1.54) is 0 Å². The van der Waals surface area contributed by atoms with Crippen molar-refractivity contribution in [3.05, 3.63) is 42.5 Å². The molecule has 0 radical (unpaired) electrons. The van der Waals surface area contributed by atoms with Crippen molar-refractivity contribution in [3.63, 3.8) is 0 Å². The second kappa shape index (κ2) is 10.7. The topological polar surface area (TPSA) is 79.9 Å². The molecule has 30 heavy (non-hydrogen) atoms. The van der Waals surface area contributed by atoms with E-state index in [1.54, 1.807) is 22.8 Å². The first-order chi connectivity index (χ1) is 14.6. The zero-order valence-corrected chi connectivity index (χ0v) is 17.5. The maximum Gasteiger partial charge on any atom is 0.352 e. The van der Waals surface area contributed by atoms with Crippen LogP contribution in [-0.2, 0) is 32.2 Å². The number of hydrogen-bond acceptors (Lipinski definition) is 6. The van der Waals surface area contributed by atoms with Gasteiger partial charge in [-0.15, -0.1) is 0 Å². The van der Waals surface area contributed by atoms with Gasteiger partial charge in [0.1, 0.15) is 12.4 Å². The number of aromatic nitrogens is 2. The van der Waals surface area contributed by atoms with Crippen molar-refractivity contribution in [2.24, 2.45) is 0 Å². The van der Waals surface area contributed by atoms with Gasteiger partial charge in [0.05, 0.1) is 13.2 Å². The number of ether oxygens (including phenoxy) is 4. The Hall–Kier alpha value is -3.03. The van der Waals surface area contributed by atoms with Crippen LogP contribution in [0.4, 0.5) is 0 Å². The molecule has 3 rings (SSSR count). The van der Waals surface area contributed by atoms with Crippen LogP contribution in [0.2, 0.25) is 0 Å². The number of hydrogen-bond donors (Lipinski definition) is 0. The highest BCUT2D eigenvalue weighted by atomic mass is 16.7. The first-order valence-corrected chi connectivity index (χ1v) is 10.4. The van der Waals surface area contributed by atoms with Gasteiger partial charge in [0.25, 0.3) is 0 Å². The summed E-state index contributed by atoms with van der Waals surface area (Å²) in [5.74, 6) is -0.0195. The minimum atomic E-state index is -1.16. The number of fused-ring (bicyclic) bond motifs is 1. The van der Waals surface area contributed by atoms with E-state index in [0.717, 1.165) is 32.2 Å². The quantitative estimate of drug-likeness (QED) is 0.318. The molecule has 8 heteroatoms. The highest BCUT2D eigenvalue weighted by Crippen LogP contribution is 2.35. The summed E-state index contributed by atoms with van der Waals surface area (Å²) in [6, 6.07) is 5.02. The summed E-state index contributed by atoms with van der Waals surface area (Å²) in [5, 5.41) is 0. The van der Waals surface area contributed by atoms with Gasteiger partial charge in [-0.2, -0.15) is 0 Å². The molecule has 2 heterocycles. The van der Waals surface area contributed by atoms with Crippen molar-refractivity contribution in [2.45, 2.75) is 58.7 Å². The van der Waals surface area contributed by atoms with Crippen LogP contribution >= 0.6 is 0 Å². The van der Waals surface area contributed by atoms with E-state index in [2.05, 4.69) is 6.92 Å². The summed E-state index contributed by atoms with van der Waals surface area (Å²) in [5.41, 5.74) is 0.486. The lowest BCUT2D eigenvalue weighted by Crippen LogP contribution is -2.38. The lowest BCUT2D eigenvalue weighted by atomic mass is 10.1. The highest BCUT2D eigenvalue weighted by molar-refractivity contribution is 5.80. The molecule has 0 aliphatic carbocycles. The first-order valence-electron chi connectivity index (χ1n) is 10.4. The number of imidazole rings is 1. The largest absolute Gasteiger partial charge is 0.463 e. The fourth-order valence-corrected chi connectivity index (χ4v) is 3.04. The fraction of sp³-hybridized carbons (Fsp3) is 0.500. The summed E-state index contributed by atoms with van der Waals surface area (Å²) in [4.78, 5) is 25.2. The van der Waals surface area contributed by atoms with Crippen LogP contribution in [0.3, 0.4) is 0 Å². The number of rotatable bonds is 11. The fourth-order valence-electron chi connectivity index (χ4n) is 3.04. The van der Waals surface area contributed by atoms with E-state index in [9.17, 15) is 9.59 Å². The van der Waals surface area contributed by atoms with E-state index in [-0.39, 0.29) is 19.9 Å². The van der Waals surface area contributed by atoms with Gasteiger partial charge in [-0.1, -0.05) is 32.8 Å². The number of nitrogens with zero attached hydrogens (tertiary/aromatic N) is 2. The summed E-state index contributed by atoms with van der Waals surface area (Å²) >= 11 is 0. The smallest absolute Gasteiger partial charge is 0.352 e. The number of unbranched alkanes of at least 4 members (excludes halogenated alkanes) is 2. The zero-order chi connectivity index (χ0) is 21.3. The van der Waals surface area contributed by atoms with Crippen LogP contribution in [-0.4, -0.2) is 29.9 Å². The van der Waals surface area contributed by atoms with Crippen molar-refractivity contribution in [1.82, 2.24) is 4.57 Å². The molecule has 0 saturated heterocycles. The molecule has 0 amide bonds. The van der Waals surface area contributed by atoms with Gasteiger partial charge in [0.2, 0.25) is 19.2 Å². The number of benzene rings is 1. The van der Waals surface area contributed by atoms with Crippen LogP contribution in [0, 0.1) is 0 Å². The molecule has 8 nitrogen and oxygen atoms in total. The maximum absolute atomic E-state index is 12.6. The number of carbonyl (C=O) groups is 2. The second-order valence-corrected chi connectivity index (χ2v) is 7.18. The van der Waals surface area contributed by atoms with Crippen LogP contribution in [0.5, 0.6) is 11.5 Å². The third-order valence-corrected chi connectivity index (χ3v) is 4.73. The summed E-state index contributed by atoms with van der Waals surface area (Å²) < 4.78 is 25.3. The second-order valence-electron chi connectivity index (χ2n) is 7.18. The van der Waals surface area contributed by atoms with Gasteiger partial charge < -0.3 is 18.9 Å². The Balaban J connectivity index is 1.69. The zero-order valence-electron chi connectivity index (χ0n) is 17.5. The van der Waals surface area contributed by atoms with Crippen molar-refractivity contribution >= 4 is 11.9 Å². The Kier molecular flexibility index (Phi) is 7.70. The van der Waals surface area contributed by atoms with Gasteiger partial charge in [-0.25, -0.2) is 18.7 Å². The number of aryl methyl sites for hydroxylation is 1. The molecule has 1 aliphatic rings. The Labute approximate surface area is 176 Å². The molecule has 1 aliphatic heterocycles. The van der Waals surface area contributed by atoms with E-state index >= 15 is 0 Å². The number of esters is 2. The average molecular weight is 417 g/mol.